The van der Waals surface area contributed by atoms with Crippen molar-refractivity contribution in [2.24, 2.45) is 0 Å². The fraction of sp³-hybridized carbons (Fsp3) is 0.588. The Labute approximate surface area is 127 Å². The number of carbonyl (C=O) groups is 1. The summed E-state index contributed by atoms with van der Waals surface area (Å²) in [4.78, 5) is 14.9. The van der Waals surface area contributed by atoms with E-state index in [1.54, 1.807) is 7.11 Å². The number of aryl methyl sites for hydroxylation is 2. The molecule has 1 aromatic carbocycles. The number of hydrogen-bond acceptors (Lipinski definition) is 4. The summed E-state index contributed by atoms with van der Waals surface area (Å²) in [5.74, 6) is 0.902. The van der Waals surface area contributed by atoms with Gasteiger partial charge in [0.1, 0.15) is 5.75 Å². The maximum atomic E-state index is 12.5. The zero-order valence-electron chi connectivity index (χ0n) is 13.4. The summed E-state index contributed by atoms with van der Waals surface area (Å²) in [6.45, 7) is 9.03. The molecule has 4 nitrogen and oxygen atoms in total. The molecule has 1 N–H and O–H groups in total. The molecule has 1 aliphatic heterocycles. The van der Waals surface area contributed by atoms with E-state index >= 15 is 0 Å². The van der Waals surface area contributed by atoms with Crippen molar-refractivity contribution in [1.29, 1.82) is 0 Å². The van der Waals surface area contributed by atoms with E-state index in [1.165, 1.54) is 0 Å². The van der Waals surface area contributed by atoms with Crippen molar-refractivity contribution >= 4 is 5.78 Å². The number of nitrogens with zero attached hydrogens (tertiary/aromatic N) is 1. The second-order valence-electron chi connectivity index (χ2n) is 5.78. The number of carbonyl (C=O) groups excluding carboxylic acids is 1. The zero-order chi connectivity index (χ0) is 15.2. The van der Waals surface area contributed by atoms with E-state index in [0.29, 0.717) is 6.42 Å². The van der Waals surface area contributed by atoms with Gasteiger partial charge in [-0.1, -0.05) is 6.07 Å². The lowest BCUT2D eigenvalue weighted by Gasteiger charge is -2.19. The molecule has 0 spiro atoms. The van der Waals surface area contributed by atoms with E-state index < -0.39 is 0 Å². The molecule has 116 valence electrons. The molecule has 1 saturated heterocycles. The first-order valence-electron chi connectivity index (χ1n) is 7.73. The van der Waals surface area contributed by atoms with E-state index in [2.05, 4.69) is 16.3 Å². The summed E-state index contributed by atoms with van der Waals surface area (Å²) < 4.78 is 5.42. The summed E-state index contributed by atoms with van der Waals surface area (Å²) in [5.41, 5.74) is 2.86. The average molecular weight is 290 g/mol. The van der Waals surface area contributed by atoms with E-state index in [9.17, 15) is 4.79 Å². The van der Waals surface area contributed by atoms with Crippen LogP contribution in [-0.2, 0) is 0 Å². The van der Waals surface area contributed by atoms with Crippen LogP contribution in [0.2, 0.25) is 0 Å². The highest BCUT2D eigenvalue weighted by molar-refractivity contribution is 5.99. The Morgan fingerprint density at radius 3 is 2.86 bits per heavy atom. The highest BCUT2D eigenvalue weighted by Crippen LogP contribution is 2.26. The number of hydrogen-bond donors (Lipinski definition) is 1. The van der Waals surface area contributed by atoms with Crippen LogP contribution in [-0.4, -0.2) is 50.5 Å². The summed E-state index contributed by atoms with van der Waals surface area (Å²) in [6, 6.07) is 3.99. The Hall–Kier alpha value is -1.39. The molecule has 1 fully saturated rings. The van der Waals surface area contributed by atoms with E-state index in [1.807, 2.05) is 19.9 Å². The van der Waals surface area contributed by atoms with Crippen molar-refractivity contribution in [2.75, 3.05) is 39.8 Å². The van der Waals surface area contributed by atoms with Gasteiger partial charge in [0, 0.05) is 26.1 Å². The van der Waals surface area contributed by atoms with Gasteiger partial charge < -0.3 is 15.0 Å². The van der Waals surface area contributed by atoms with Gasteiger partial charge in [-0.05, 0) is 50.6 Å². The van der Waals surface area contributed by atoms with Gasteiger partial charge in [-0.15, -0.1) is 0 Å². The third-order valence-corrected chi connectivity index (χ3v) is 4.01. The Morgan fingerprint density at radius 2 is 2.10 bits per heavy atom. The van der Waals surface area contributed by atoms with Gasteiger partial charge in [0.25, 0.3) is 0 Å². The lowest BCUT2D eigenvalue weighted by molar-refractivity contribution is 0.0962. The molecule has 0 saturated carbocycles. The minimum absolute atomic E-state index is 0.177. The zero-order valence-corrected chi connectivity index (χ0v) is 13.4. The lowest BCUT2D eigenvalue weighted by Crippen LogP contribution is -2.30. The topological polar surface area (TPSA) is 41.6 Å². The third-order valence-electron chi connectivity index (χ3n) is 4.01. The highest BCUT2D eigenvalue weighted by atomic mass is 16.5. The molecule has 0 amide bonds. The Balaban J connectivity index is 2.02. The molecule has 0 aromatic heterocycles. The largest absolute Gasteiger partial charge is 0.496 e. The number of rotatable bonds is 5. The molecule has 0 atom stereocenters. The monoisotopic (exact) mass is 290 g/mol. The van der Waals surface area contributed by atoms with Crippen molar-refractivity contribution in [1.82, 2.24) is 10.2 Å². The number of benzene rings is 1. The predicted molar refractivity (Wildman–Crippen MR) is 85.3 cm³/mol. The maximum Gasteiger partial charge on any atom is 0.167 e. The van der Waals surface area contributed by atoms with Crippen LogP contribution in [0.25, 0.3) is 0 Å². The van der Waals surface area contributed by atoms with Crippen molar-refractivity contribution in [3.8, 4) is 5.75 Å². The van der Waals surface area contributed by atoms with Gasteiger partial charge in [-0.3, -0.25) is 4.79 Å². The molecule has 0 aliphatic carbocycles. The maximum absolute atomic E-state index is 12.5. The van der Waals surface area contributed by atoms with Crippen LogP contribution in [0.5, 0.6) is 5.75 Å². The molecule has 2 rings (SSSR count). The van der Waals surface area contributed by atoms with Crippen LogP contribution in [0.3, 0.4) is 0 Å². The number of Topliss-reactive ketones (excluding diaryl/α,β-unsaturated/α-hetero) is 1. The van der Waals surface area contributed by atoms with Crippen LogP contribution in [0.4, 0.5) is 0 Å². The van der Waals surface area contributed by atoms with Gasteiger partial charge >= 0.3 is 0 Å². The van der Waals surface area contributed by atoms with E-state index in [-0.39, 0.29) is 5.78 Å². The van der Waals surface area contributed by atoms with Crippen LogP contribution in [0.1, 0.15) is 34.3 Å². The predicted octanol–water partition coefficient (Wildman–Crippen LogP) is 2.18. The fourth-order valence-corrected chi connectivity index (χ4v) is 2.95. The molecule has 0 radical (unpaired) electrons. The minimum Gasteiger partial charge on any atom is -0.496 e. The summed E-state index contributed by atoms with van der Waals surface area (Å²) >= 11 is 0. The second-order valence-corrected chi connectivity index (χ2v) is 5.78. The number of methoxy groups -OCH3 is 1. The number of ketones is 1. The Kier molecular flexibility index (Phi) is 5.76. The fourth-order valence-electron chi connectivity index (χ4n) is 2.95. The van der Waals surface area contributed by atoms with Crippen LogP contribution < -0.4 is 10.1 Å². The first-order chi connectivity index (χ1) is 10.1. The second kappa shape index (κ2) is 7.57. The van der Waals surface area contributed by atoms with Crippen molar-refractivity contribution < 1.29 is 9.53 Å². The summed E-state index contributed by atoms with van der Waals surface area (Å²) in [6.07, 6.45) is 1.71. The van der Waals surface area contributed by atoms with E-state index in [4.69, 9.17) is 4.74 Å². The van der Waals surface area contributed by atoms with Gasteiger partial charge in [0.2, 0.25) is 0 Å². The SMILES string of the molecule is COc1c(C)cc(C)cc1C(=O)CCN1CCCNCC1. The van der Waals surface area contributed by atoms with Crippen LogP contribution in [0, 0.1) is 13.8 Å². The molecule has 21 heavy (non-hydrogen) atoms. The van der Waals surface area contributed by atoms with Gasteiger partial charge in [-0.2, -0.15) is 0 Å². The van der Waals surface area contributed by atoms with Crippen molar-refractivity contribution in [2.45, 2.75) is 26.7 Å². The van der Waals surface area contributed by atoms with Gasteiger partial charge in [0.05, 0.1) is 12.7 Å². The molecular weight excluding hydrogens is 264 g/mol. The molecular formula is C17H26N2O2. The molecule has 0 bridgehead atoms. The van der Waals surface area contributed by atoms with E-state index in [0.717, 1.165) is 61.6 Å². The third kappa shape index (κ3) is 4.29. The number of nitrogens with one attached hydrogen (secondary N) is 1. The molecule has 4 heteroatoms. The van der Waals surface area contributed by atoms with Crippen molar-refractivity contribution in [3.05, 3.63) is 28.8 Å². The summed E-state index contributed by atoms with van der Waals surface area (Å²) in [5, 5.41) is 3.38. The Morgan fingerprint density at radius 1 is 1.29 bits per heavy atom. The molecule has 1 heterocycles. The smallest absolute Gasteiger partial charge is 0.167 e. The molecule has 1 aromatic rings. The first-order valence-corrected chi connectivity index (χ1v) is 7.73. The average Bonchev–Trinajstić information content (AvgIpc) is 2.72. The standard InChI is InChI=1S/C17H26N2O2/c1-13-11-14(2)17(21-3)15(12-13)16(20)5-9-19-8-4-6-18-7-10-19/h11-12,18H,4-10H2,1-3H3. The Bertz CT molecular complexity index is 492. The van der Waals surface area contributed by atoms with Gasteiger partial charge in [0.15, 0.2) is 5.78 Å². The highest BCUT2D eigenvalue weighted by Gasteiger charge is 2.17. The van der Waals surface area contributed by atoms with Crippen molar-refractivity contribution in [3.63, 3.8) is 0 Å². The van der Waals surface area contributed by atoms with Crippen LogP contribution >= 0.6 is 0 Å². The lowest BCUT2D eigenvalue weighted by atomic mass is 10.0. The minimum atomic E-state index is 0.177. The number of ether oxygens (including phenoxy) is 1. The molecule has 0 unspecified atom stereocenters. The quantitative estimate of drug-likeness (QED) is 0.844. The first kappa shape index (κ1) is 16.0. The normalized spacial score (nSPS) is 16.5. The van der Waals surface area contributed by atoms with Gasteiger partial charge in [-0.25, -0.2) is 0 Å². The summed E-state index contributed by atoms with van der Waals surface area (Å²) in [7, 11) is 1.63. The van der Waals surface area contributed by atoms with Crippen LogP contribution in [0.15, 0.2) is 12.1 Å². The molecule has 1 aliphatic rings.